The molecule has 5 heteroatoms. The number of hydrogen-bond donors (Lipinski definition) is 1. The molecule has 0 aliphatic carbocycles. The van der Waals surface area contributed by atoms with E-state index in [1.54, 1.807) is 0 Å². The van der Waals surface area contributed by atoms with Gasteiger partial charge in [0.05, 0.1) is 13.2 Å². The van der Waals surface area contributed by atoms with Crippen LogP contribution in [0.1, 0.15) is 19.8 Å². The number of nitrogens with two attached hydrogens (primary N) is 1. The van der Waals surface area contributed by atoms with Crippen LogP contribution < -0.4 is 5.73 Å². The van der Waals surface area contributed by atoms with Gasteiger partial charge in [-0.05, 0) is 24.8 Å². The van der Waals surface area contributed by atoms with E-state index in [9.17, 15) is 4.79 Å². The highest BCUT2D eigenvalue weighted by atomic mass is 16.5. The molecule has 5 nitrogen and oxygen atoms in total. The first kappa shape index (κ1) is 12.6. The van der Waals surface area contributed by atoms with Crippen LogP contribution in [0.4, 0.5) is 4.79 Å². The summed E-state index contributed by atoms with van der Waals surface area (Å²) in [5.74, 6) is 0. The lowest BCUT2D eigenvalue weighted by Gasteiger charge is -2.41. The van der Waals surface area contributed by atoms with Crippen LogP contribution >= 0.6 is 0 Å². The summed E-state index contributed by atoms with van der Waals surface area (Å²) in [6, 6.07) is 0.173. The summed E-state index contributed by atoms with van der Waals surface area (Å²) >= 11 is 0. The van der Waals surface area contributed by atoms with E-state index >= 15 is 0 Å². The van der Waals surface area contributed by atoms with Crippen LogP contribution in [0.5, 0.6) is 0 Å². The molecular weight excluding hydrogens is 218 g/mol. The summed E-state index contributed by atoms with van der Waals surface area (Å²) in [5, 5.41) is 0. The second kappa shape index (κ2) is 5.23. The van der Waals surface area contributed by atoms with Crippen molar-refractivity contribution in [2.45, 2.75) is 19.8 Å². The number of hydrogen-bond acceptors (Lipinski definition) is 3. The Bertz CT molecular complexity index is 269. The average molecular weight is 241 g/mol. The first-order chi connectivity index (χ1) is 8.14. The minimum atomic E-state index is 0.173. The van der Waals surface area contributed by atoms with Crippen molar-refractivity contribution < 1.29 is 9.53 Å². The van der Waals surface area contributed by atoms with Crippen molar-refractivity contribution in [3.63, 3.8) is 0 Å². The van der Waals surface area contributed by atoms with Gasteiger partial charge >= 0.3 is 6.03 Å². The highest BCUT2D eigenvalue weighted by molar-refractivity contribution is 5.74. The van der Waals surface area contributed by atoms with E-state index in [1.165, 1.54) is 0 Å². The van der Waals surface area contributed by atoms with Gasteiger partial charge in [0, 0.05) is 26.2 Å². The second-order valence-electron chi connectivity index (χ2n) is 5.38. The normalized spacial score (nSPS) is 24.8. The van der Waals surface area contributed by atoms with Crippen molar-refractivity contribution in [2.24, 2.45) is 11.1 Å². The molecule has 98 valence electrons. The number of nitrogens with zero attached hydrogens (tertiary/aromatic N) is 2. The molecule has 2 N–H and O–H groups in total. The Morgan fingerprint density at radius 2 is 1.71 bits per heavy atom. The van der Waals surface area contributed by atoms with Crippen molar-refractivity contribution >= 4 is 6.03 Å². The van der Waals surface area contributed by atoms with Crippen LogP contribution in [-0.2, 0) is 4.74 Å². The number of urea groups is 1. The van der Waals surface area contributed by atoms with Gasteiger partial charge in [-0.2, -0.15) is 0 Å². The highest BCUT2D eigenvalue weighted by Crippen LogP contribution is 2.29. The molecule has 0 aromatic carbocycles. The van der Waals surface area contributed by atoms with Crippen molar-refractivity contribution in [3.8, 4) is 0 Å². The van der Waals surface area contributed by atoms with Gasteiger partial charge in [0.15, 0.2) is 0 Å². The Hall–Kier alpha value is -0.810. The zero-order valence-corrected chi connectivity index (χ0v) is 10.7. The van der Waals surface area contributed by atoms with Gasteiger partial charge in [0.2, 0.25) is 0 Å². The first-order valence-electron chi connectivity index (χ1n) is 6.46. The van der Waals surface area contributed by atoms with Crippen LogP contribution in [0.25, 0.3) is 0 Å². The summed E-state index contributed by atoms with van der Waals surface area (Å²) in [6.07, 6.45) is 2.03. The predicted octanol–water partition coefficient (Wildman–Crippen LogP) is 0.499. The number of carbonyl (C=O) groups is 1. The molecule has 2 fully saturated rings. The molecule has 2 aliphatic heterocycles. The van der Waals surface area contributed by atoms with Crippen LogP contribution in [-0.4, -0.2) is 61.8 Å². The lowest BCUT2D eigenvalue weighted by Crippen LogP contribution is -2.52. The highest BCUT2D eigenvalue weighted by Gasteiger charge is 2.32. The molecule has 0 saturated carbocycles. The fourth-order valence-electron chi connectivity index (χ4n) is 2.40. The number of morpholine rings is 1. The standard InChI is InChI=1S/C12H23N3O2/c1-12(10-13)2-4-14(5-3-12)11(16)15-6-8-17-9-7-15/h2-10,13H2,1H3. The maximum absolute atomic E-state index is 12.2. The van der Waals surface area contributed by atoms with Gasteiger partial charge in [0.25, 0.3) is 0 Å². The van der Waals surface area contributed by atoms with Gasteiger partial charge in [-0.15, -0.1) is 0 Å². The molecule has 2 aliphatic rings. The molecule has 0 aromatic heterocycles. The number of carbonyl (C=O) groups excluding carboxylic acids is 1. The van der Waals surface area contributed by atoms with Crippen molar-refractivity contribution in [2.75, 3.05) is 45.9 Å². The number of amides is 2. The van der Waals surface area contributed by atoms with Crippen LogP contribution in [0.3, 0.4) is 0 Å². The molecule has 0 spiro atoms. The fourth-order valence-corrected chi connectivity index (χ4v) is 2.40. The minimum Gasteiger partial charge on any atom is -0.378 e. The van der Waals surface area contributed by atoms with E-state index in [1.807, 2.05) is 9.80 Å². The monoisotopic (exact) mass is 241 g/mol. The molecule has 2 amide bonds. The van der Waals surface area contributed by atoms with E-state index in [-0.39, 0.29) is 11.4 Å². The van der Waals surface area contributed by atoms with Gasteiger partial charge in [-0.1, -0.05) is 6.92 Å². The maximum atomic E-state index is 12.2. The third kappa shape index (κ3) is 2.90. The van der Waals surface area contributed by atoms with Crippen molar-refractivity contribution in [3.05, 3.63) is 0 Å². The zero-order chi connectivity index (χ0) is 12.3. The third-order valence-corrected chi connectivity index (χ3v) is 4.02. The Kier molecular flexibility index (Phi) is 3.89. The number of ether oxygens (including phenoxy) is 1. The topological polar surface area (TPSA) is 58.8 Å². The Morgan fingerprint density at radius 3 is 2.24 bits per heavy atom. The maximum Gasteiger partial charge on any atom is 0.320 e. The van der Waals surface area contributed by atoms with Crippen molar-refractivity contribution in [1.82, 2.24) is 9.80 Å². The third-order valence-electron chi connectivity index (χ3n) is 4.02. The van der Waals surface area contributed by atoms with Gasteiger partial charge < -0.3 is 20.3 Å². The van der Waals surface area contributed by atoms with Crippen LogP contribution in [0.2, 0.25) is 0 Å². The quantitative estimate of drug-likeness (QED) is 0.727. The number of rotatable bonds is 1. The summed E-state index contributed by atoms with van der Waals surface area (Å²) in [7, 11) is 0. The molecule has 0 bridgehead atoms. The Balaban J connectivity index is 1.85. The summed E-state index contributed by atoms with van der Waals surface area (Å²) in [5.41, 5.74) is 6.00. The predicted molar refractivity (Wildman–Crippen MR) is 65.8 cm³/mol. The van der Waals surface area contributed by atoms with Crippen LogP contribution in [0, 0.1) is 5.41 Å². The summed E-state index contributed by atoms with van der Waals surface area (Å²) < 4.78 is 5.26. The molecule has 2 heterocycles. The smallest absolute Gasteiger partial charge is 0.320 e. The number of piperidine rings is 1. The lowest BCUT2D eigenvalue weighted by atomic mass is 9.81. The summed E-state index contributed by atoms with van der Waals surface area (Å²) in [6.45, 7) is 7.39. The molecule has 0 atom stereocenters. The van der Waals surface area contributed by atoms with E-state index in [0.717, 1.165) is 39.0 Å². The van der Waals surface area contributed by atoms with Gasteiger partial charge in [-0.25, -0.2) is 4.79 Å². The number of likely N-dealkylation sites (tertiary alicyclic amines) is 1. The molecule has 2 saturated heterocycles. The van der Waals surface area contributed by atoms with Crippen LogP contribution in [0.15, 0.2) is 0 Å². The van der Waals surface area contributed by atoms with E-state index < -0.39 is 0 Å². The molecule has 0 aromatic rings. The SMILES string of the molecule is CC1(CN)CCN(C(=O)N2CCOCC2)CC1. The van der Waals surface area contributed by atoms with E-state index in [0.29, 0.717) is 19.8 Å². The second-order valence-corrected chi connectivity index (χ2v) is 5.38. The van der Waals surface area contributed by atoms with Crippen molar-refractivity contribution in [1.29, 1.82) is 0 Å². The first-order valence-corrected chi connectivity index (χ1v) is 6.46. The van der Waals surface area contributed by atoms with Gasteiger partial charge in [-0.3, -0.25) is 0 Å². The molecule has 2 rings (SSSR count). The average Bonchev–Trinajstić information content (AvgIpc) is 2.40. The zero-order valence-electron chi connectivity index (χ0n) is 10.7. The minimum absolute atomic E-state index is 0.173. The largest absolute Gasteiger partial charge is 0.378 e. The Labute approximate surface area is 103 Å². The van der Waals surface area contributed by atoms with E-state index in [2.05, 4.69) is 6.92 Å². The fraction of sp³-hybridized carbons (Fsp3) is 0.917. The molecule has 0 unspecified atom stereocenters. The lowest BCUT2D eigenvalue weighted by molar-refractivity contribution is 0.0366. The molecular formula is C12H23N3O2. The summed E-state index contributed by atoms with van der Waals surface area (Å²) in [4.78, 5) is 16.1. The molecule has 0 radical (unpaired) electrons. The molecule has 17 heavy (non-hydrogen) atoms. The van der Waals surface area contributed by atoms with Gasteiger partial charge in [0.1, 0.15) is 0 Å². The van der Waals surface area contributed by atoms with E-state index in [4.69, 9.17) is 10.5 Å². The Morgan fingerprint density at radius 1 is 1.18 bits per heavy atom.